The molecule has 0 unspecified atom stereocenters. The van der Waals surface area contributed by atoms with Crippen LogP contribution in [-0.4, -0.2) is 31.3 Å². The molecule has 1 aliphatic rings. The fourth-order valence-electron chi connectivity index (χ4n) is 1.62. The molecular weight excluding hydrogens is 248 g/mol. The third-order valence-electron chi connectivity index (χ3n) is 2.68. The van der Waals surface area contributed by atoms with Gasteiger partial charge in [0.1, 0.15) is 0 Å². The monoisotopic (exact) mass is 264 g/mol. The van der Waals surface area contributed by atoms with Crippen molar-refractivity contribution >= 4 is 11.9 Å². The first-order chi connectivity index (χ1) is 9.25. The smallest absolute Gasteiger partial charge is 0.348 e. The Morgan fingerprint density at radius 3 is 2.68 bits per heavy atom. The Labute approximate surface area is 111 Å². The molecule has 5 nitrogen and oxygen atoms in total. The van der Waals surface area contributed by atoms with Crippen molar-refractivity contribution in [2.75, 3.05) is 13.2 Å². The summed E-state index contributed by atoms with van der Waals surface area (Å²) in [5.41, 5.74) is 1.11. The van der Waals surface area contributed by atoms with E-state index in [2.05, 4.69) is 4.74 Å². The summed E-state index contributed by atoms with van der Waals surface area (Å²) in [6.07, 6.45) is 0.0560. The molecule has 1 atom stereocenters. The van der Waals surface area contributed by atoms with Crippen molar-refractivity contribution in [3.05, 3.63) is 35.9 Å². The summed E-state index contributed by atoms with van der Waals surface area (Å²) in [6, 6.07) is 9.85. The van der Waals surface area contributed by atoms with Crippen molar-refractivity contribution < 1.29 is 23.8 Å². The van der Waals surface area contributed by atoms with Crippen LogP contribution in [0.4, 0.5) is 0 Å². The Balaban J connectivity index is 1.48. The van der Waals surface area contributed by atoms with Crippen LogP contribution in [0, 0.1) is 0 Å². The molecule has 1 fully saturated rings. The van der Waals surface area contributed by atoms with Crippen molar-refractivity contribution in [3.63, 3.8) is 0 Å². The van der Waals surface area contributed by atoms with Crippen LogP contribution in [0.5, 0.6) is 0 Å². The van der Waals surface area contributed by atoms with E-state index >= 15 is 0 Å². The predicted molar refractivity (Wildman–Crippen MR) is 66.2 cm³/mol. The highest BCUT2D eigenvalue weighted by Crippen LogP contribution is 2.14. The first kappa shape index (κ1) is 13.5. The zero-order valence-corrected chi connectivity index (χ0v) is 10.5. The molecule has 0 aromatic heterocycles. The lowest BCUT2D eigenvalue weighted by Crippen LogP contribution is -2.40. The lowest BCUT2D eigenvalue weighted by atomic mass is 10.2. The van der Waals surface area contributed by atoms with Crippen molar-refractivity contribution in [1.82, 2.24) is 0 Å². The van der Waals surface area contributed by atoms with Crippen LogP contribution >= 0.6 is 0 Å². The van der Waals surface area contributed by atoms with Gasteiger partial charge < -0.3 is 14.2 Å². The maximum absolute atomic E-state index is 11.3. The summed E-state index contributed by atoms with van der Waals surface area (Å²) < 4.78 is 15.0. The van der Waals surface area contributed by atoms with Gasteiger partial charge in [-0.1, -0.05) is 30.3 Å². The minimum atomic E-state index is -0.697. The molecule has 0 radical (unpaired) electrons. The van der Waals surface area contributed by atoms with E-state index in [4.69, 9.17) is 9.47 Å². The number of ether oxygens (including phenoxy) is 3. The molecule has 0 N–H and O–H groups in total. The quantitative estimate of drug-likeness (QED) is 0.551. The second-order valence-corrected chi connectivity index (χ2v) is 4.24. The van der Waals surface area contributed by atoms with E-state index in [9.17, 15) is 9.59 Å². The lowest BCUT2D eigenvalue weighted by Gasteiger charge is -2.23. The molecule has 102 valence electrons. The molecule has 0 bridgehead atoms. The fraction of sp³-hybridized carbons (Fsp3) is 0.429. The van der Waals surface area contributed by atoms with E-state index in [0.29, 0.717) is 19.6 Å². The van der Waals surface area contributed by atoms with Gasteiger partial charge in [0.2, 0.25) is 6.10 Å². The molecule has 0 aliphatic carbocycles. The number of hydrogen-bond donors (Lipinski definition) is 0. The Morgan fingerprint density at radius 2 is 2.00 bits per heavy atom. The van der Waals surface area contributed by atoms with Gasteiger partial charge in [-0.2, -0.15) is 0 Å². The van der Waals surface area contributed by atoms with Crippen LogP contribution in [0.2, 0.25) is 0 Å². The van der Waals surface area contributed by atoms with E-state index in [0.717, 1.165) is 5.56 Å². The van der Waals surface area contributed by atoms with E-state index < -0.39 is 12.1 Å². The number of carbonyl (C=O) groups is 2. The van der Waals surface area contributed by atoms with Crippen LogP contribution in [0.1, 0.15) is 18.4 Å². The van der Waals surface area contributed by atoms with Crippen LogP contribution in [0.15, 0.2) is 30.3 Å². The molecular formula is C14H16O5. The molecule has 0 spiro atoms. The van der Waals surface area contributed by atoms with E-state index in [1.807, 2.05) is 30.3 Å². The molecule has 0 amide bonds. The molecule has 1 aromatic rings. The van der Waals surface area contributed by atoms with Gasteiger partial charge in [0, 0.05) is 6.42 Å². The maximum atomic E-state index is 11.3. The Kier molecular flexibility index (Phi) is 4.92. The summed E-state index contributed by atoms with van der Waals surface area (Å²) in [4.78, 5) is 21.8. The Hall–Kier alpha value is -1.88. The highest BCUT2D eigenvalue weighted by Gasteiger charge is 2.36. The maximum Gasteiger partial charge on any atom is 0.348 e. The van der Waals surface area contributed by atoms with Gasteiger partial charge in [-0.15, -0.1) is 0 Å². The van der Waals surface area contributed by atoms with Gasteiger partial charge in [0.25, 0.3) is 0 Å². The number of esters is 2. The summed E-state index contributed by atoms with van der Waals surface area (Å²) >= 11 is 0. The van der Waals surface area contributed by atoms with Crippen molar-refractivity contribution in [1.29, 1.82) is 0 Å². The Morgan fingerprint density at radius 1 is 1.26 bits per heavy atom. The third kappa shape index (κ3) is 4.37. The minimum Gasteiger partial charge on any atom is -0.463 e. The second-order valence-electron chi connectivity index (χ2n) is 4.24. The molecule has 0 saturated carbocycles. The topological polar surface area (TPSA) is 61.8 Å². The zero-order chi connectivity index (χ0) is 13.5. The molecule has 1 aromatic carbocycles. The largest absolute Gasteiger partial charge is 0.463 e. The van der Waals surface area contributed by atoms with Gasteiger partial charge in [-0.25, -0.2) is 4.79 Å². The number of hydrogen-bond acceptors (Lipinski definition) is 5. The van der Waals surface area contributed by atoms with E-state index in [-0.39, 0.29) is 19.0 Å². The molecule has 1 aliphatic heterocycles. The van der Waals surface area contributed by atoms with Crippen LogP contribution in [-0.2, 0) is 30.4 Å². The summed E-state index contributed by atoms with van der Waals surface area (Å²) in [5, 5.41) is 0. The van der Waals surface area contributed by atoms with Gasteiger partial charge in [-0.05, 0) is 5.56 Å². The number of carbonyl (C=O) groups excluding carboxylic acids is 2. The normalized spacial score (nSPS) is 17.5. The van der Waals surface area contributed by atoms with Gasteiger partial charge in [-0.3, -0.25) is 4.79 Å². The first-order valence-corrected chi connectivity index (χ1v) is 6.23. The molecule has 19 heavy (non-hydrogen) atoms. The van der Waals surface area contributed by atoms with Crippen LogP contribution in [0.3, 0.4) is 0 Å². The highest BCUT2D eigenvalue weighted by atomic mass is 16.6. The van der Waals surface area contributed by atoms with E-state index in [1.54, 1.807) is 0 Å². The third-order valence-corrected chi connectivity index (χ3v) is 2.68. The number of rotatable bonds is 7. The summed E-state index contributed by atoms with van der Waals surface area (Å²) in [6.45, 7) is 1.35. The molecule has 1 saturated heterocycles. The zero-order valence-electron chi connectivity index (χ0n) is 10.5. The van der Waals surface area contributed by atoms with Gasteiger partial charge in [0.05, 0.1) is 26.2 Å². The molecule has 5 heteroatoms. The highest BCUT2D eigenvalue weighted by molar-refractivity contribution is 5.89. The van der Waals surface area contributed by atoms with E-state index in [1.165, 1.54) is 0 Å². The van der Waals surface area contributed by atoms with Gasteiger partial charge >= 0.3 is 11.9 Å². The SMILES string of the molecule is O=C1C[C@@H](C(=O)OCCCOCc2ccccc2)O1. The molecule has 2 rings (SSSR count). The summed E-state index contributed by atoms with van der Waals surface area (Å²) in [7, 11) is 0. The summed E-state index contributed by atoms with van der Waals surface area (Å²) in [5.74, 6) is -0.823. The predicted octanol–water partition coefficient (Wildman–Crippen LogP) is 1.45. The first-order valence-electron chi connectivity index (χ1n) is 6.23. The molecule has 1 heterocycles. The van der Waals surface area contributed by atoms with Crippen molar-refractivity contribution in [2.24, 2.45) is 0 Å². The average molecular weight is 264 g/mol. The van der Waals surface area contributed by atoms with Crippen LogP contribution < -0.4 is 0 Å². The van der Waals surface area contributed by atoms with Crippen LogP contribution in [0.25, 0.3) is 0 Å². The van der Waals surface area contributed by atoms with Crippen molar-refractivity contribution in [3.8, 4) is 0 Å². The standard InChI is InChI=1S/C14H16O5/c15-13-9-12(19-13)14(16)18-8-4-7-17-10-11-5-2-1-3-6-11/h1-3,5-6,12H,4,7-10H2/t12-/m0/s1. The average Bonchev–Trinajstić information content (AvgIpc) is 2.40. The number of cyclic esters (lactones) is 1. The fourth-order valence-corrected chi connectivity index (χ4v) is 1.62. The second kappa shape index (κ2) is 6.89. The Bertz CT molecular complexity index is 421. The number of benzene rings is 1. The lowest BCUT2D eigenvalue weighted by molar-refractivity contribution is -0.185. The van der Waals surface area contributed by atoms with Crippen molar-refractivity contribution in [2.45, 2.75) is 25.6 Å². The van der Waals surface area contributed by atoms with Gasteiger partial charge in [0.15, 0.2) is 0 Å². The minimum absolute atomic E-state index is 0.128.